The average molecular weight is 305 g/mol. The highest BCUT2D eigenvalue weighted by Crippen LogP contribution is 2.46. The number of pyridine rings is 1. The number of halogens is 1. The number of ether oxygens (including phenoxy) is 1. The Labute approximate surface area is 111 Å². The molecule has 4 rings (SSSR count). The van der Waals surface area contributed by atoms with Crippen LogP contribution in [0.25, 0.3) is 10.9 Å². The van der Waals surface area contributed by atoms with E-state index in [1.54, 1.807) is 6.20 Å². The van der Waals surface area contributed by atoms with Crippen molar-refractivity contribution in [2.45, 2.75) is 5.41 Å². The molecule has 0 saturated carbocycles. The summed E-state index contributed by atoms with van der Waals surface area (Å²) >= 11 is 3.47. The van der Waals surface area contributed by atoms with Crippen LogP contribution in [0.2, 0.25) is 0 Å². The molecule has 1 N–H and O–H groups in total. The lowest BCUT2D eigenvalue weighted by Gasteiger charge is -2.36. The Kier molecular flexibility index (Phi) is 1.92. The Hall–Kier alpha value is -1.46. The van der Waals surface area contributed by atoms with Crippen molar-refractivity contribution in [1.29, 1.82) is 0 Å². The molecule has 1 aromatic carbocycles. The zero-order valence-corrected chi connectivity index (χ0v) is 11.0. The molecule has 2 aromatic rings. The van der Waals surface area contributed by atoms with Crippen LogP contribution < -0.4 is 5.32 Å². The van der Waals surface area contributed by atoms with Crippen LogP contribution in [0, 0.1) is 0 Å². The van der Waals surface area contributed by atoms with Gasteiger partial charge in [-0.2, -0.15) is 0 Å². The summed E-state index contributed by atoms with van der Waals surface area (Å²) in [4.78, 5) is 16.5. The Morgan fingerprint density at radius 2 is 2.22 bits per heavy atom. The van der Waals surface area contributed by atoms with Crippen LogP contribution in [0.1, 0.15) is 5.56 Å². The molecule has 2 aliphatic heterocycles. The van der Waals surface area contributed by atoms with E-state index in [2.05, 4.69) is 26.2 Å². The van der Waals surface area contributed by atoms with Gasteiger partial charge < -0.3 is 10.1 Å². The third kappa shape index (κ3) is 1.13. The molecule has 1 amide bonds. The molecule has 1 spiro atoms. The van der Waals surface area contributed by atoms with Crippen molar-refractivity contribution < 1.29 is 9.53 Å². The van der Waals surface area contributed by atoms with Crippen molar-refractivity contribution >= 4 is 38.4 Å². The number of fused-ring (bicyclic) bond motifs is 4. The molecule has 0 radical (unpaired) electrons. The van der Waals surface area contributed by atoms with Gasteiger partial charge >= 0.3 is 0 Å². The average Bonchev–Trinajstić information content (AvgIpc) is 2.61. The second-order valence-corrected chi connectivity index (χ2v) is 5.65. The number of carbonyl (C=O) groups excluding carboxylic acids is 1. The molecule has 0 atom stereocenters. The molecule has 1 fully saturated rings. The largest absolute Gasteiger partial charge is 0.378 e. The Morgan fingerprint density at radius 1 is 1.39 bits per heavy atom. The number of aromatic nitrogens is 1. The van der Waals surface area contributed by atoms with Crippen molar-refractivity contribution in [3.63, 3.8) is 0 Å². The number of hydrogen-bond acceptors (Lipinski definition) is 3. The molecular formula is C13H9BrN2O2. The van der Waals surface area contributed by atoms with Crippen LogP contribution in [0.15, 0.2) is 28.9 Å². The van der Waals surface area contributed by atoms with Crippen LogP contribution in [0.3, 0.4) is 0 Å². The summed E-state index contributed by atoms with van der Waals surface area (Å²) in [5.74, 6) is 0.0259. The van der Waals surface area contributed by atoms with Crippen LogP contribution in [-0.4, -0.2) is 24.1 Å². The fourth-order valence-electron chi connectivity index (χ4n) is 2.71. The molecule has 0 unspecified atom stereocenters. The smallest absolute Gasteiger partial charge is 0.239 e. The molecule has 3 heterocycles. The minimum Gasteiger partial charge on any atom is -0.378 e. The molecule has 0 bridgehead atoms. The summed E-state index contributed by atoms with van der Waals surface area (Å²) in [6, 6.07) is 5.92. The van der Waals surface area contributed by atoms with Gasteiger partial charge in [-0.15, -0.1) is 0 Å². The van der Waals surface area contributed by atoms with Crippen LogP contribution in [0.5, 0.6) is 0 Å². The minimum atomic E-state index is -0.503. The van der Waals surface area contributed by atoms with Gasteiger partial charge in [0.2, 0.25) is 5.91 Å². The van der Waals surface area contributed by atoms with Gasteiger partial charge in [0.05, 0.1) is 30.6 Å². The van der Waals surface area contributed by atoms with E-state index >= 15 is 0 Å². The van der Waals surface area contributed by atoms with Crippen molar-refractivity contribution in [3.05, 3.63) is 34.4 Å². The van der Waals surface area contributed by atoms with Crippen molar-refractivity contribution in [1.82, 2.24) is 4.98 Å². The van der Waals surface area contributed by atoms with E-state index < -0.39 is 5.41 Å². The third-order valence-corrected chi connectivity index (χ3v) is 4.18. The summed E-state index contributed by atoms with van der Waals surface area (Å²) in [5.41, 5.74) is 2.25. The minimum absolute atomic E-state index is 0.0259. The second-order valence-electron chi connectivity index (χ2n) is 4.74. The molecular weight excluding hydrogens is 296 g/mol. The highest BCUT2D eigenvalue weighted by molar-refractivity contribution is 9.10. The Balaban J connectivity index is 2.11. The first-order valence-corrected chi connectivity index (χ1v) is 6.48. The highest BCUT2D eigenvalue weighted by atomic mass is 79.9. The summed E-state index contributed by atoms with van der Waals surface area (Å²) in [6.07, 6.45) is 1.73. The van der Waals surface area contributed by atoms with Gasteiger partial charge in [-0.3, -0.25) is 9.78 Å². The lowest BCUT2D eigenvalue weighted by atomic mass is 9.78. The van der Waals surface area contributed by atoms with Gasteiger partial charge in [-0.05, 0) is 18.2 Å². The van der Waals surface area contributed by atoms with E-state index in [9.17, 15) is 4.79 Å². The van der Waals surface area contributed by atoms with Gasteiger partial charge in [0.15, 0.2) is 0 Å². The maximum atomic E-state index is 12.1. The molecule has 4 nitrogen and oxygen atoms in total. The van der Waals surface area contributed by atoms with Crippen LogP contribution in [0.4, 0.5) is 5.69 Å². The van der Waals surface area contributed by atoms with E-state index in [0.29, 0.717) is 13.2 Å². The predicted molar refractivity (Wildman–Crippen MR) is 70.6 cm³/mol. The number of nitrogens with one attached hydrogen (secondary N) is 1. The fraction of sp³-hybridized carbons (Fsp3) is 0.231. The molecule has 18 heavy (non-hydrogen) atoms. The first-order valence-electron chi connectivity index (χ1n) is 5.69. The lowest BCUT2D eigenvalue weighted by molar-refractivity contribution is -0.137. The quantitative estimate of drug-likeness (QED) is 0.812. The van der Waals surface area contributed by atoms with Crippen LogP contribution >= 0.6 is 15.9 Å². The summed E-state index contributed by atoms with van der Waals surface area (Å²) in [6.45, 7) is 0.912. The fourth-order valence-corrected chi connectivity index (χ4v) is 3.07. The van der Waals surface area contributed by atoms with E-state index in [4.69, 9.17) is 4.74 Å². The molecule has 90 valence electrons. The first kappa shape index (κ1) is 10.5. The van der Waals surface area contributed by atoms with Gasteiger partial charge in [-0.25, -0.2) is 0 Å². The monoisotopic (exact) mass is 304 g/mol. The molecule has 0 aliphatic carbocycles. The van der Waals surface area contributed by atoms with Crippen molar-refractivity contribution in [2.24, 2.45) is 0 Å². The number of anilines is 1. The van der Waals surface area contributed by atoms with Crippen molar-refractivity contribution in [2.75, 3.05) is 18.5 Å². The van der Waals surface area contributed by atoms with E-state index in [1.807, 2.05) is 18.2 Å². The van der Waals surface area contributed by atoms with Crippen LogP contribution in [-0.2, 0) is 14.9 Å². The van der Waals surface area contributed by atoms with Gasteiger partial charge in [0.25, 0.3) is 0 Å². The van der Waals surface area contributed by atoms with Crippen molar-refractivity contribution in [3.8, 4) is 0 Å². The predicted octanol–water partition coefficient (Wildman–Crippen LogP) is 2.22. The molecule has 1 saturated heterocycles. The summed E-state index contributed by atoms with van der Waals surface area (Å²) in [5, 5.41) is 3.92. The Bertz CT molecular complexity index is 695. The zero-order chi connectivity index (χ0) is 12.3. The Morgan fingerprint density at radius 3 is 2.94 bits per heavy atom. The number of hydrogen-bond donors (Lipinski definition) is 1. The molecule has 2 aliphatic rings. The van der Waals surface area contributed by atoms with Gasteiger partial charge in [-0.1, -0.05) is 15.9 Å². The standard InChI is InChI=1S/C13H9BrN2O2/c14-7-1-2-9-8(3-7)11-10(4-15-9)16-12(17)13(11)5-18-6-13/h1-4H,5-6H2,(H,16,17). The maximum absolute atomic E-state index is 12.1. The third-order valence-electron chi connectivity index (χ3n) is 3.69. The normalized spacial score (nSPS) is 19.7. The topological polar surface area (TPSA) is 51.2 Å². The number of rotatable bonds is 0. The molecule has 5 heteroatoms. The number of benzene rings is 1. The highest BCUT2D eigenvalue weighted by Gasteiger charge is 2.53. The number of carbonyl (C=O) groups is 1. The SMILES string of the molecule is O=C1Nc2cnc3ccc(Br)cc3c2C12COC2. The summed E-state index contributed by atoms with van der Waals surface area (Å²) in [7, 11) is 0. The van der Waals surface area contributed by atoms with E-state index in [-0.39, 0.29) is 5.91 Å². The maximum Gasteiger partial charge on any atom is 0.239 e. The first-order chi connectivity index (χ1) is 8.71. The number of amides is 1. The van der Waals surface area contributed by atoms with Gasteiger partial charge in [0.1, 0.15) is 5.41 Å². The van der Waals surface area contributed by atoms with E-state index in [0.717, 1.165) is 26.6 Å². The number of nitrogens with zero attached hydrogens (tertiary/aromatic N) is 1. The summed E-state index contributed by atoms with van der Waals surface area (Å²) < 4.78 is 6.26. The molecule has 1 aromatic heterocycles. The van der Waals surface area contributed by atoms with Gasteiger partial charge in [0, 0.05) is 15.4 Å². The second kappa shape index (κ2) is 3.30. The zero-order valence-electron chi connectivity index (χ0n) is 9.37. The lowest BCUT2D eigenvalue weighted by Crippen LogP contribution is -2.51. The van der Waals surface area contributed by atoms with E-state index in [1.165, 1.54) is 0 Å².